The van der Waals surface area contributed by atoms with Crippen molar-refractivity contribution in [2.45, 2.75) is 13.0 Å². The summed E-state index contributed by atoms with van der Waals surface area (Å²) in [5, 5.41) is 6.95. The van der Waals surface area contributed by atoms with Gasteiger partial charge in [-0.1, -0.05) is 42.5 Å². The number of benzene rings is 2. The summed E-state index contributed by atoms with van der Waals surface area (Å²) >= 11 is 0. The third-order valence-electron chi connectivity index (χ3n) is 4.09. The topological polar surface area (TPSA) is 107 Å². The second kappa shape index (κ2) is 7.65. The van der Waals surface area contributed by atoms with E-state index in [-0.39, 0.29) is 11.3 Å². The van der Waals surface area contributed by atoms with Crippen LogP contribution in [-0.2, 0) is 4.79 Å². The lowest BCUT2D eigenvalue weighted by Crippen LogP contribution is -2.33. The van der Waals surface area contributed by atoms with Crippen LogP contribution in [0.5, 0.6) is 0 Å². The highest BCUT2D eigenvalue weighted by atomic mass is 16.2. The summed E-state index contributed by atoms with van der Waals surface area (Å²) in [7, 11) is 0. The van der Waals surface area contributed by atoms with Crippen LogP contribution in [-0.4, -0.2) is 21.6 Å². The van der Waals surface area contributed by atoms with Crippen molar-refractivity contribution in [1.82, 2.24) is 9.78 Å². The molecule has 136 valence electrons. The number of rotatable bonds is 5. The highest BCUT2D eigenvalue weighted by molar-refractivity contribution is 6.03. The number of aromatic nitrogens is 2. The number of carbonyl (C=O) groups excluding carboxylic acids is 2. The van der Waals surface area contributed by atoms with Gasteiger partial charge in [-0.2, -0.15) is 5.10 Å². The van der Waals surface area contributed by atoms with Crippen LogP contribution in [0.25, 0.3) is 11.3 Å². The molecule has 1 heterocycles. The Bertz CT molecular complexity index is 1040. The van der Waals surface area contributed by atoms with Gasteiger partial charge in [0.25, 0.3) is 11.5 Å². The van der Waals surface area contributed by atoms with E-state index in [4.69, 9.17) is 5.73 Å². The summed E-state index contributed by atoms with van der Waals surface area (Å²) in [6.45, 7) is 1.56. The van der Waals surface area contributed by atoms with Crippen LogP contribution < -0.4 is 16.6 Å². The monoisotopic (exact) mass is 362 g/mol. The summed E-state index contributed by atoms with van der Waals surface area (Å²) in [4.78, 5) is 36.3. The van der Waals surface area contributed by atoms with Gasteiger partial charge in [0.2, 0.25) is 5.91 Å². The first-order valence-corrected chi connectivity index (χ1v) is 8.32. The van der Waals surface area contributed by atoms with E-state index < -0.39 is 23.4 Å². The van der Waals surface area contributed by atoms with E-state index in [1.54, 1.807) is 31.2 Å². The summed E-state index contributed by atoms with van der Waals surface area (Å²) in [6.07, 6.45) is 0. The fraction of sp³-hybridized carbons (Fsp3) is 0.100. The van der Waals surface area contributed by atoms with Gasteiger partial charge in [-0.3, -0.25) is 14.4 Å². The van der Waals surface area contributed by atoms with Crippen LogP contribution >= 0.6 is 0 Å². The molecule has 3 aromatic rings. The maximum absolute atomic E-state index is 12.6. The maximum atomic E-state index is 12.6. The van der Waals surface area contributed by atoms with Gasteiger partial charge in [-0.05, 0) is 25.1 Å². The molecule has 0 fully saturated rings. The lowest BCUT2D eigenvalue weighted by molar-refractivity contribution is -0.119. The summed E-state index contributed by atoms with van der Waals surface area (Å²) in [6, 6.07) is 17.8. The maximum Gasteiger partial charge on any atom is 0.267 e. The number of nitrogens with two attached hydrogens (primary N) is 1. The number of carbonyl (C=O) groups is 2. The third-order valence-corrected chi connectivity index (χ3v) is 4.09. The first kappa shape index (κ1) is 18.1. The van der Waals surface area contributed by atoms with E-state index in [2.05, 4.69) is 10.4 Å². The summed E-state index contributed by atoms with van der Waals surface area (Å²) in [5.41, 5.74) is 6.81. The smallest absolute Gasteiger partial charge is 0.267 e. The fourth-order valence-electron chi connectivity index (χ4n) is 2.62. The summed E-state index contributed by atoms with van der Waals surface area (Å²) in [5.74, 6) is -1.14. The first-order chi connectivity index (χ1) is 13.0. The predicted molar refractivity (Wildman–Crippen MR) is 102 cm³/mol. The zero-order valence-electron chi connectivity index (χ0n) is 14.6. The molecule has 3 rings (SSSR count). The minimum absolute atomic E-state index is 0.191. The van der Waals surface area contributed by atoms with Gasteiger partial charge in [-0.25, -0.2) is 4.68 Å². The van der Waals surface area contributed by atoms with Gasteiger partial charge < -0.3 is 11.1 Å². The molecule has 0 saturated carbocycles. The minimum Gasteiger partial charge on any atom is -0.366 e. The van der Waals surface area contributed by atoms with Gasteiger partial charge in [0.1, 0.15) is 6.04 Å². The van der Waals surface area contributed by atoms with Crippen molar-refractivity contribution in [1.29, 1.82) is 0 Å². The second-order valence-corrected chi connectivity index (χ2v) is 5.94. The standard InChI is InChI=1S/C20H18N4O3/c1-13(20(27)22-17-10-6-5-9-15(17)19(21)26)24-18(25)12-11-16(23-24)14-7-3-2-4-8-14/h2-13H,1H3,(H2,21,26)(H,22,27). The number of amides is 2. The average Bonchev–Trinajstić information content (AvgIpc) is 2.68. The molecule has 7 nitrogen and oxygen atoms in total. The number of para-hydroxylation sites is 1. The Hall–Kier alpha value is -3.74. The van der Waals surface area contributed by atoms with Crippen molar-refractivity contribution in [3.63, 3.8) is 0 Å². The van der Waals surface area contributed by atoms with Crippen molar-refractivity contribution in [3.05, 3.63) is 82.6 Å². The third kappa shape index (κ3) is 3.92. The van der Waals surface area contributed by atoms with E-state index in [1.165, 1.54) is 12.1 Å². The number of nitrogens with one attached hydrogen (secondary N) is 1. The van der Waals surface area contributed by atoms with Crippen molar-refractivity contribution < 1.29 is 9.59 Å². The lowest BCUT2D eigenvalue weighted by atomic mass is 10.1. The Morgan fingerprint density at radius 2 is 1.67 bits per heavy atom. The molecule has 0 aliphatic rings. The van der Waals surface area contributed by atoms with E-state index in [0.29, 0.717) is 5.69 Å². The number of primary amides is 1. The average molecular weight is 362 g/mol. The van der Waals surface area contributed by atoms with Crippen LogP contribution in [0.15, 0.2) is 71.5 Å². The number of anilines is 1. The molecule has 0 aliphatic carbocycles. The highest BCUT2D eigenvalue weighted by Gasteiger charge is 2.20. The Kier molecular flexibility index (Phi) is 5.12. The van der Waals surface area contributed by atoms with Gasteiger partial charge in [-0.15, -0.1) is 0 Å². The normalized spacial score (nSPS) is 11.6. The zero-order valence-corrected chi connectivity index (χ0v) is 14.6. The van der Waals surface area contributed by atoms with Gasteiger partial charge >= 0.3 is 0 Å². The van der Waals surface area contributed by atoms with Gasteiger partial charge in [0.15, 0.2) is 0 Å². The van der Waals surface area contributed by atoms with Gasteiger partial charge in [0.05, 0.1) is 16.9 Å². The molecule has 2 aromatic carbocycles. The van der Waals surface area contributed by atoms with Crippen molar-refractivity contribution in [3.8, 4) is 11.3 Å². The Morgan fingerprint density at radius 3 is 2.37 bits per heavy atom. The fourth-order valence-corrected chi connectivity index (χ4v) is 2.62. The Morgan fingerprint density at radius 1 is 1.00 bits per heavy atom. The molecule has 3 N–H and O–H groups in total. The molecule has 27 heavy (non-hydrogen) atoms. The van der Waals surface area contributed by atoms with E-state index in [1.807, 2.05) is 30.3 Å². The lowest BCUT2D eigenvalue weighted by Gasteiger charge is -2.16. The molecule has 0 bridgehead atoms. The largest absolute Gasteiger partial charge is 0.366 e. The molecular formula is C20H18N4O3. The molecule has 0 saturated heterocycles. The molecule has 0 aliphatic heterocycles. The van der Waals surface area contributed by atoms with Crippen LogP contribution in [0.3, 0.4) is 0 Å². The van der Waals surface area contributed by atoms with Crippen molar-refractivity contribution >= 4 is 17.5 Å². The van der Waals surface area contributed by atoms with Crippen LogP contribution in [0.1, 0.15) is 23.3 Å². The number of hydrogen-bond acceptors (Lipinski definition) is 4. The quantitative estimate of drug-likeness (QED) is 0.725. The molecular weight excluding hydrogens is 344 g/mol. The zero-order chi connectivity index (χ0) is 19.4. The molecule has 1 aromatic heterocycles. The van der Waals surface area contributed by atoms with Crippen molar-refractivity contribution in [2.24, 2.45) is 5.73 Å². The Balaban J connectivity index is 1.90. The number of nitrogens with zero attached hydrogens (tertiary/aromatic N) is 2. The van der Waals surface area contributed by atoms with Crippen molar-refractivity contribution in [2.75, 3.05) is 5.32 Å². The van der Waals surface area contributed by atoms with E-state index in [9.17, 15) is 14.4 Å². The molecule has 0 radical (unpaired) electrons. The van der Waals surface area contributed by atoms with Crippen LogP contribution in [0, 0.1) is 0 Å². The highest BCUT2D eigenvalue weighted by Crippen LogP contribution is 2.18. The van der Waals surface area contributed by atoms with E-state index in [0.717, 1.165) is 10.2 Å². The molecule has 0 spiro atoms. The van der Waals surface area contributed by atoms with Crippen LogP contribution in [0.4, 0.5) is 5.69 Å². The summed E-state index contributed by atoms with van der Waals surface area (Å²) < 4.78 is 1.12. The molecule has 1 atom stereocenters. The molecule has 1 unspecified atom stereocenters. The first-order valence-electron chi connectivity index (χ1n) is 8.32. The van der Waals surface area contributed by atoms with E-state index >= 15 is 0 Å². The minimum atomic E-state index is -0.887. The predicted octanol–water partition coefficient (Wildman–Crippen LogP) is 2.21. The number of hydrogen-bond donors (Lipinski definition) is 2. The second-order valence-electron chi connectivity index (χ2n) is 5.94. The molecule has 2 amide bonds. The van der Waals surface area contributed by atoms with Gasteiger partial charge in [0, 0.05) is 11.6 Å². The molecule has 7 heteroatoms. The SMILES string of the molecule is CC(C(=O)Nc1ccccc1C(N)=O)n1nc(-c2ccccc2)ccc1=O. The Labute approximate surface area is 155 Å². The van der Waals surface area contributed by atoms with Crippen LogP contribution in [0.2, 0.25) is 0 Å².